The number of benzene rings is 2. The molecule has 0 radical (unpaired) electrons. The maximum absolute atomic E-state index is 14.5. The lowest BCUT2D eigenvalue weighted by Gasteiger charge is -2.37. The van der Waals surface area contributed by atoms with Crippen LogP contribution in [0.1, 0.15) is 30.0 Å². The smallest absolute Gasteiger partial charge is 0.306 e. The number of fused-ring (bicyclic) bond motifs is 1. The highest BCUT2D eigenvalue weighted by molar-refractivity contribution is 7.17. The fourth-order valence-electron chi connectivity index (χ4n) is 4.05. The minimum atomic E-state index is -0.729. The van der Waals surface area contributed by atoms with Gasteiger partial charge in [0, 0.05) is 4.70 Å². The predicted molar refractivity (Wildman–Crippen MR) is 109 cm³/mol. The van der Waals surface area contributed by atoms with Crippen LogP contribution < -0.4 is 4.74 Å². The lowest BCUT2D eigenvalue weighted by molar-refractivity contribution is -0.143. The average molecular weight is 399 g/mol. The molecule has 1 N–H and O–H groups in total. The lowest BCUT2D eigenvalue weighted by Crippen LogP contribution is -2.39. The summed E-state index contributed by atoms with van der Waals surface area (Å²) in [5.41, 5.74) is 1.99. The minimum Gasteiger partial charge on any atom is -0.494 e. The fourth-order valence-corrected chi connectivity index (χ4v) is 5.03. The number of halogens is 1. The molecule has 3 aromatic rings. The van der Waals surface area contributed by atoms with E-state index < -0.39 is 5.97 Å². The van der Waals surface area contributed by atoms with Gasteiger partial charge in [0.05, 0.1) is 19.1 Å². The van der Waals surface area contributed by atoms with Gasteiger partial charge in [0.25, 0.3) is 0 Å². The Morgan fingerprint density at radius 3 is 2.68 bits per heavy atom. The number of aliphatic carboxylic acids is 1. The van der Waals surface area contributed by atoms with E-state index in [1.807, 2.05) is 18.2 Å². The number of ether oxygens (including phenoxy) is 1. The first-order chi connectivity index (χ1) is 13.6. The van der Waals surface area contributed by atoms with Gasteiger partial charge in [-0.1, -0.05) is 24.3 Å². The second-order valence-electron chi connectivity index (χ2n) is 7.13. The number of thiophene rings is 1. The van der Waals surface area contributed by atoms with Gasteiger partial charge in [-0.25, -0.2) is 4.39 Å². The molecule has 1 aromatic heterocycles. The van der Waals surface area contributed by atoms with Crippen molar-refractivity contribution in [2.75, 3.05) is 20.2 Å². The molecule has 0 aliphatic carbocycles. The van der Waals surface area contributed by atoms with E-state index in [-0.39, 0.29) is 23.5 Å². The summed E-state index contributed by atoms with van der Waals surface area (Å²) in [4.78, 5) is 13.6. The van der Waals surface area contributed by atoms with Crippen LogP contribution in [0.3, 0.4) is 0 Å². The first-order valence-corrected chi connectivity index (χ1v) is 10.2. The molecule has 0 amide bonds. The van der Waals surface area contributed by atoms with Crippen LogP contribution in [0.4, 0.5) is 4.39 Å². The van der Waals surface area contributed by atoms with Crippen molar-refractivity contribution < 1.29 is 19.0 Å². The summed E-state index contributed by atoms with van der Waals surface area (Å²) in [5, 5.41) is 12.6. The largest absolute Gasteiger partial charge is 0.494 e. The van der Waals surface area contributed by atoms with Crippen LogP contribution in [0, 0.1) is 11.7 Å². The van der Waals surface area contributed by atoms with Gasteiger partial charge in [-0.15, -0.1) is 11.3 Å². The third-order valence-electron chi connectivity index (χ3n) is 5.54. The van der Waals surface area contributed by atoms with E-state index in [1.54, 1.807) is 23.5 Å². The van der Waals surface area contributed by atoms with E-state index in [9.17, 15) is 14.3 Å². The van der Waals surface area contributed by atoms with Crippen molar-refractivity contribution in [2.45, 2.75) is 18.9 Å². The molecule has 4 rings (SSSR count). The van der Waals surface area contributed by atoms with Crippen LogP contribution in [-0.4, -0.2) is 36.2 Å². The Kier molecular flexibility index (Phi) is 5.33. The summed E-state index contributed by atoms with van der Waals surface area (Å²) < 4.78 is 20.7. The maximum atomic E-state index is 14.5. The summed E-state index contributed by atoms with van der Waals surface area (Å²) in [7, 11) is 1.46. The first kappa shape index (κ1) is 18.9. The zero-order valence-electron chi connectivity index (χ0n) is 15.6. The van der Waals surface area contributed by atoms with E-state index in [1.165, 1.54) is 11.8 Å². The summed E-state index contributed by atoms with van der Waals surface area (Å²) >= 11 is 1.68. The Labute approximate surface area is 167 Å². The third kappa shape index (κ3) is 3.50. The van der Waals surface area contributed by atoms with Crippen LogP contribution in [0.15, 0.2) is 47.8 Å². The van der Waals surface area contributed by atoms with Crippen LogP contribution in [0.5, 0.6) is 5.75 Å². The number of likely N-dealkylation sites (tertiary alicyclic amines) is 1. The molecule has 0 bridgehead atoms. The molecule has 6 heteroatoms. The van der Waals surface area contributed by atoms with Crippen molar-refractivity contribution >= 4 is 27.4 Å². The standard InChI is InChI=1S/C22H22FNO3S/c1-27-19-7-6-15(12-18(19)23)21(24-10-8-14(9-11-24)22(25)26)17-13-28-20-5-3-2-4-16(17)20/h2-7,12-14,21H,8-11H2,1H3,(H,25,26). The number of carboxylic acids is 1. The SMILES string of the molecule is COc1ccc(C(c2csc3ccccc23)N2CCC(C(=O)O)CC2)cc1F. The molecule has 4 nitrogen and oxygen atoms in total. The summed E-state index contributed by atoms with van der Waals surface area (Å²) in [6, 6.07) is 13.2. The highest BCUT2D eigenvalue weighted by Crippen LogP contribution is 2.39. The minimum absolute atomic E-state index is 0.119. The molecule has 2 aromatic carbocycles. The Balaban J connectivity index is 1.75. The van der Waals surface area contributed by atoms with E-state index in [0.717, 1.165) is 16.5 Å². The Hall–Kier alpha value is -2.44. The molecule has 28 heavy (non-hydrogen) atoms. The van der Waals surface area contributed by atoms with Gasteiger partial charge in [0.1, 0.15) is 0 Å². The summed E-state index contributed by atoms with van der Waals surface area (Å²) in [6.07, 6.45) is 1.21. The number of carboxylic acid groups (broad SMARTS) is 1. The molecule has 0 saturated carbocycles. The van der Waals surface area contributed by atoms with E-state index in [2.05, 4.69) is 22.4 Å². The second kappa shape index (κ2) is 7.89. The third-order valence-corrected chi connectivity index (χ3v) is 6.52. The average Bonchev–Trinajstić information content (AvgIpc) is 3.13. The van der Waals surface area contributed by atoms with Gasteiger partial charge in [0.15, 0.2) is 11.6 Å². The number of piperidine rings is 1. The number of rotatable bonds is 5. The molecule has 1 aliphatic rings. The van der Waals surface area contributed by atoms with Crippen molar-refractivity contribution in [1.82, 2.24) is 4.90 Å². The number of carbonyl (C=O) groups is 1. The molecular weight excluding hydrogens is 377 g/mol. The van der Waals surface area contributed by atoms with Gasteiger partial charge < -0.3 is 9.84 Å². The summed E-state index contributed by atoms with van der Waals surface area (Å²) in [5.74, 6) is -1.19. The second-order valence-corrected chi connectivity index (χ2v) is 8.04. The maximum Gasteiger partial charge on any atom is 0.306 e. The molecule has 1 aliphatic heterocycles. The highest BCUT2D eigenvalue weighted by Gasteiger charge is 2.31. The number of hydrogen-bond acceptors (Lipinski definition) is 4. The Morgan fingerprint density at radius 1 is 1.25 bits per heavy atom. The Bertz CT molecular complexity index is 994. The molecule has 1 saturated heterocycles. The molecular formula is C22H22FNO3S. The topological polar surface area (TPSA) is 49.8 Å². The normalized spacial score (nSPS) is 16.9. The first-order valence-electron chi connectivity index (χ1n) is 9.35. The van der Waals surface area contributed by atoms with Gasteiger partial charge >= 0.3 is 5.97 Å². The Morgan fingerprint density at radius 2 is 2.00 bits per heavy atom. The van der Waals surface area contributed by atoms with Crippen LogP contribution in [0.25, 0.3) is 10.1 Å². The van der Waals surface area contributed by atoms with Crippen molar-refractivity contribution in [3.05, 3.63) is 64.8 Å². The lowest BCUT2D eigenvalue weighted by atomic mass is 9.91. The zero-order chi connectivity index (χ0) is 19.7. The molecule has 2 heterocycles. The molecule has 1 atom stereocenters. The number of hydrogen-bond donors (Lipinski definition) is 1. The van der Waals surface area contributed by atoms with Crippen LogP contribution in [0.2, 0.25) is 0 Å². The molecule has 146 valence electrons. The fraction of sp³-hybridized carbons (Fsp3) is 0.318. The zero-order valence-corrected chi connectivity index (χ0v) is 16.4. The van der Waals surface area contributed by atoms with Crippen LogP contribution >= 0.6 is 11.3 Å². The van der Waals surface area contributed by atoms with Gasteiger partial charge in [0.2, 0.25) is 0 Å². The molecule has 1 fully saturated rings. The van der Waals surface area contributed by atoms with Crippen molar-refractivity contribution in [2.24, 2.45) is 5.92 Å². The van der Waals surface area contributed by atoms with Gasteiger partial charge in [-0.05, 0) is 66.0 Å². The monoisotopic (exact) mass is 399 g/mol. The number of nitrogens with zero attached hydrogens (tertiary/aromatic N) is 1. The molecule has 0 spiro atoms. The predicted octanol–water partition coefficient (Wildman–Crippen LogP) is 4.94. The quantitative estimate of drug-likeness (QED) is 0.661. The van der Waals surface area contributed by atoms with Crippen molar-refractivity contribution in [3.8, 4) is 5.75 Å². The summed E-state index contributed by atoms with van der Waals surface area (Å²) in [6.45, 7) is 1.33. The number of methoxy groups -OCH3 is 1. The van der Waals surface area contributed by atoms with E-state index in [0.29, 0.717) is 25.9 Å². The molecule has 1 unspecified atom stereocenters. The van der Waals surface area contributed by atoms with E-state index >= 15 is 0 Å². The van der Waals surface area contributed by atoms with Gasteiger partial charge in [-0.3, -0.25) is 9.69 Å². The van der Waals surface area contributed by atoms with Gasteiger partial charge in [-0.2, -0.15) is 0 Å². The highest BCUT2D eigenvalue weighted by atomic mass is 32.1. The van der Waals surface area contributed by atoms with Crippen molar-refractivity contribution in [1.29, 1.82) is 0 Å². The van der Waals surface area contributed by atoms with E-state index in [4.69, 9.17) is 4.74 Å². The van der Waals surface area contributed by atoms with Crippen LogP contribution in [-0.2, 0) is 4.79 Å². The van der Waals surface area contributed by atoms with Crippen molar-refractivity contribution in [3.63, 3.8) is 0 Å².